The van der Waals surface area contributed by atoms with Gasteiger partial charge in [-0.3, -0.25) is 9.59 Å². The molecule has 6 nitrogen and oxygen atoms in total. The molecule has 0 aliphatic carbocycles. The Bertz CT molecular complexity index is 1130. The van der Waals surface area contributed by atoms with Gasteiger partial charge in [0, 0.05) is 23.9 Å². The molecule has 156 valence electrons. The molecule has 0 aromatic heterocycles. The summed E-state index contributed by atoms with van der Waals surface area (Å²) in [6.07, 6.45) is 0. The maximum atomic E-state index is 12.4. The largest absolute Gasteiger partial charge is 0.477 e. The van der Waals surface area contributed by atoms with Crippen LogP contribution in [-0.2, 0) is 4.79 Å². The van der Waals surface area contributed by atoms with E-state index < -0.39 is 11.9 Å². The van der Waals surface area contributed by atoms with Crippen molar-refractivity contribution in [3.63, 3.8) is 0 Å². The van der Waals surface area contributed by atoms with Gasteiger partial charge in [-0.15, -0.1) is 0 Å². The molecule has 0 aliphatic heterocycles. The third-order valence-corrected chi connectivity index (χ3v) is 4.88. The van der Waals surface area contributed by atoms with Crippen LogP contribution < -0.4 is 5.32 Å². The minimum atomic E-state index is -1.25. The second kappa shape index (κ2) is 9.09. The lowest BCUT2D eigenvalue weighted by Gasteiger charge is -2.16. The highest BCUT2D eigenvalue weighted by Crippen LogP contribution is 2.23. The van der Waals surface area contributed by atoms with Crippen molar-refractivity contribution >= 4 is 23.5 Å². The number of carboxylic acid groups (broad SMARTS) is 1. The highest BCUT2D eigenvalue weighted by Gasteiger charge is 2.18. The minimum Gasteiger partial charge on any atom is -0.477 e. The molecule has 6 heteroatoms. The van der Waals surface area contributed by atoms with Crippen molar-refractivity contribution < 1.29 is 19.5 Å². The molecule has 3 aromatic rings. The van der Waals surface area contributed by atoms with E-state index in [-0.39, 0.29) is 11.6 Å². The monoisotopic (exact) mass is 414 g/mol. The van der Waals surface area contributed by atoms with E-state index in [1.54, 1.807) is 36.4 Å². The van der Waals surface area contributed by atoms with Gasteiger partial charge in [-0.05, 0) is 54.4 Å². The fourth-order valence-corrected chi connectivity index (χ4v) is 2.92. The number of rotatable bonds is 6. The van der Waals surface area contributed by atoms with E-state index in [0.717, 1.165) is 21.6 Å². The van der Waals surface area contributed by atoms with E-state index >= 15 is 0 Å². The van der Waals surface area contributed by atoms with Gasteiger partial charge in [0.15, 0.2) is 0 Å². The van der Waals surface area contributed by atoms with E-state index in [9.17, 15) is 14.4 Å². The fourth-order valence-electron chi connectivity index (χ4n) is 2.92. The number of amides is 2. The molecule has 2 N–H and O–H groups in total. The first-order valence-electron chi connectivity index (χ1n) is 9.55. The topological polar surface area (TPSA) is 86.7 Å². The lowest BCUT2D eigenvalue weighted by molar-refractivity contribution is -0.134. The quantitative estimate of drug-likeness (QED) is 0.578. The van der Waals surface area contributed by atoms with Gasteiger partial charge in [-0.1, -0.05) is 48.5 Å². The molecule has 0 radical (unpaired) electrons. The zero-order valence-electron chi connectivity index (χ0n) is 17.3. The molecule has 3 rings (SSSR count). The number of likely N-dealkylation sites (N-methyl/N-ethyl adjacent to an activating group) is 1. The molecule has 0 heterocycles. The number of carbonyl (C=O) groups is 3. The van der Waals surface area contributed by atoms with E-state index in [0.29, 0.717) is 16.8 Å². The number of carboxylic acids is 1. The standard InChI is InChI=1S/C25H22N2O4/c1-16-4-6-20(7-5-16)23(28)26-22-14-12-19(13-15-22)18-8-10-21(11-9-18)24(29)27(3)17(2)25(30)31/h4-15H,2H2,1,3H3,(H,26,28)(H,30,31). The van der Waals surface area contributed by atoms with Crippen LogP contribution in [0, 0.1) is 6.92 Å². The summed E-state index contributed by atoms with van der Waals surface area (Å²) in [7, 11) is 1.37. The van der Waals surface area contributed by atoms with Crippen LogP contribution in [0.25, 0.3) is 11.1 Å². The van der Waals surface area contributed by atoms with Gasteiger partial charge < -0.3 is 15.3 Å². The van der Waals surface area contributed by atoms with Gasteiger partial charge >= 0.3 is 5.97 Å². The van der Waals surface area contributed by atoms with E-state index in [1.807, 2.05) is 43.3 Å². The zero-order chi connectivity index (χ0) is 22.5. The van der Waals surface area contributed by atoms with Crippen LogP contribution in [0.5, 0.6) is 0 Å². The highest BCUT2D eigenvalue weighted by molar-refractivity contribution is 6.04. The second-order valence-electron chi connectivity index (χ2n) is 7.09. The first-order valence-corrected chi connectivity index (χ1v) is 9.55. The number of aryl methyl sites for hydroxylation is 1. The van der Waals surface area contributed by atoms with Crippen LogP contribution >= 0.6 is 0 Å². The molecule has 0 aliphatic rings. The summed E-state index contributed by atoms with van der Waals surface area (Å²) in [6, 6.07) is 21.6. The Balaban J connectivity index is 1.69. The molecule has 0 fully saturated rings. The summed E-state index contributed by atoms with van der Waals surface area (Å²) >= 11 is 0. The number of aliphatic carboxylic acids is 1. The Kier molecular flexibility index (Phi) is 6.31. The van der Waals surface area contributed by atoms with Crippen LogP contribution in [0.3, 0.4) is 0 Å². The first kappa shape index (κ1) is 21.5. The maximum absolute atomic E-state index is 12.4. The summed E-state index contributed by atoms with van der Waals surface area (Å²) < 4.78 is 0. The van der Waals surface area contributed by atoms with Gasteiger partial charge in [-0.2, -0.15) is 0 Å². The van der Waals surface area contributed by atoms with Crippen molar-refractivity contribution in [3.8, 4) is 11.1 Å². The van der Waals surface area contributed by atoms with E-state index in [2.05, 4.69) is 11.9 Å². The molecule has 0 saturated carbocycles. The molecule has 3 aromatic carbocycles. The number of nitrogens with zero attached hydrogens (tertiary/aromatic N) is 1. The molecule has 0 spiro atoms. The van der Waals surface area contributed by atoms with Gasteiger partial charge in [0.05, 0.1) is 0 Å². The van der Waals surface area contributed by atoms with Crippen molar-refractivity contribution in [2.45, 2.75) is 6.92 Å². The van der Waals surface area contributed by atoms with Crippen molar-refractivity contribution in [3.05, 3.63) is 102 Å². The highest BCUT2D eigenvalue weighted by atomic mass is 16.4. The SMILES string of the molecule is C=C(C(=O)O)N(C)C(=O)c1ccc(-c2ccc(NC(=O)c3ccc(C)cc3)cc2)cc1. The number of benzene rings is 3. The summed E-state index contributed by atoms with van der Waals surface area (Å²) in [4.78, 5) is 36.7. The van der Waals surface area contributed by atoms with Crippen molar-refractivity contribution in [1.82, 2.24) is 4.90 Å². The molecular weight excluding hydrogens is 392 g/mol. The van der Waals surface area contributed by atoms with Gasteiger partial charge in [0.2, 0.25) is 0 Å². The van der Waals surface area contributed by atoms with Crippen LogP contribution in [0.1, 0.15) is 26.3 Å². The van der Waals surface area contributed by atoms with Crippen LogP contribution in [0.2, 0.25) is 0 Å². The van der Waals surface area contributed by atoms with Crippen molar-refractivity contribution in [2.75, 3.05) is 12.4 Å². The number of nitrogens with one attached hydrogen (secondary N) is 1. The molecule has 2 amide bonds. The van der Waals surface area contributed by atoms with Crippen LogP contribution in [0.4, 0.5) is 5.69 Å². The van der Waals surface area contributed by atoms with Gasteiger partial charge in [0.25, 0.3) is 11.8 Å². The first-order chi connectivity index (χ1) is 14.8. The molecule has 0 saturated heterocycles. The Hall–Kier alpha value is -4.19. The van der Waals surface area contributed by atoms with Crippen molar-refractivity contribution in [1.29, 1.82) is 0 Å². The predicted octanol–water partition coefficient (Wildman–Crippen LogP) is 4.58. The lowest BCUT2D eigenvalue weighted by atomic mass is 10.0. The second-order valence-corrected chi connectivity index (χ2v) is 7.09. The summed E-state index contributed by atoms with van der Waals surface area (Å²) in [5.41, 5.74) is 4.21. The van der Waals surface area contributed by atoms with Crippen LogP contribution in [0.15, 0.2) is 85.1 Å². The Labute approximate surface area is 180 Å². The van der Waals surface area contributed by atoms with Gasteiger partial charge in [-0.25, -0.2) is 4.79 Å². The van der Waals surface area contributed by atoms with Crippen molar-refractivity contribution in [2.24, 2.45) is 0 Å². The number of hydrogen-bond acceptors (Lipinski definition) is 3. The Morgan fingerprint density at radius 2 is 1.29 bits per heavy atom. The lowest BCUT2D eigenvalue weighted by Crippen LogP contribution is -2.29. The molecule has 0 bridgehead atoms. The molecule has 0 atom stereocenters. The zero-order valence-corrected chi connectivity index (χ0v) is 17.3. The summed E-state index contributed by atoms with van der Waals surface area (Å²) in [5, 5.41) is 11.8. The smallest absolute Gasteiger partial charge is 0.351 e. The summed E-state index contributed by atoms with van der Waals surface area (Å²) in [6.45, 7) is 5.36. The van der Waals surface area contributed by atoms with E-state index in [4.69, 9.17) is 5.11 Å². The Morgan fingerprint density at radius 3 is 1.81 bits per heavy atom. The number of carbonyl (C=O) groups excluding carboxylic acids is 2. The average Bonchev–Trinajstić information content (AvgIpc) is 2.78. The third-order valence-electron chi connectivity index (χ3n) is 4.88. The van der Waals surface area contributed by atoms with E-state index in [1.165, 1.54) is 7.05 Å². The normalized spacial score (nSPS) is 10.3. The minimum absolute atomic E-state index is 0.178. The maximum Gasteiger partial charge on any atom is 0.351 e. The number of hydrogen-bond donors (Lipinski definition) is 2. The molecule has 31 heavy (non-hydrogen) atoms. The predicted molar refractivity (Wildman–Crippen MR) is 120 cm³/mol. The number of anilines is 1. The Morgan fingerprint density at radius 1 is 0.806 bits per heavy atom. The fraction of sp³-hybridized carbons (Fsp3) is 0.0800. The molecular formula is C25H22N2O4. The van der Waals surface area contributed by atoms with Crippen LogP contribution in [-0.4, -0.2) is 34.8 Å². The van der Waals surface area contributed by atoms with Gasteiger partial charge in [0.1, 0.15) is 5.70 Å². The molecule has 0 unspecified atom stereocenters. The third kappa shape index (κ3) is 5.05. The summed E-state index contributed by atoms with van der Waals surface area (Å²) in [5.74, 6) is -1.88. The average molecular weight is 414 g/mol.